The quantitative estimate of drug-likeness (QED) is 0.360. The van der Waals surface area contributed by atoms with Gasteiger partial charge in [-0.25, -0.2) is 4.90 Å². The summed E-state index contributed by atoms with van der Waals surface area (Å²) in [4.78, 5) is 25.9. The number of halogens is 2. The Morgan fingerprint density at radius 1 is 1.35 bits per heavy atom. The number of hydrogen-bond acceptors (Lipinski definition) is 6. The molecule has 0 aliphatic carbocycles. The fraction of sp³-hybridized carbons (Fsp3) is 0.125. The molecule has 2 heterocycles. The lowest BCUT2D eigenvalue weighted by Gasteiger charge is -2.16. The number of carbonyl (C=O) groups excluding carboxylic acids is 2. The number of amidine groups is 1. The SMILES string of the molecule is NC(=N/N=C\c1ccco1)S[C@H]1CC(=O)N(c2cc(Cl)ccc2Cl)C1=O. The van der Waals surface area contributed by atoms with E-state index in [-0.39, 0.29) is 28.2 Å². The van der Waals surface area contributed by atoms with Crippen LogP contribution in [0.4, 0.5) is 5.69 Å². The minimum Gasteiger partial charge on any atom is -0.463 e. The van der Waals surface area contributed by atoms with E-state index < -0.39 is 11.2 Å². The van der Waals surface area contributed by atoms with Crippen molar-refractivity contribution in [3.8, 4) is 0 Å². The van der Waals surface area contributed by atoms with Crippen LogP contribution in [0, 0.1) is 0 Å². The van der Waals surface area contributed by atoms with E-state index in [1.54, 1.807) is 18.2 Å². The van der Waals surface area contributed by atoms with Crippen molar-refractivity contribution in [3.05, 3.63) is 52.4 Å². The topological polar surface area (TPSA) is 101 Å². The van der Waals surface area contributed by atoms with Crippen molar-refractivity contribution in [2.75, 3.05) is 4.90 Å². The molecule has 1 aromatic carbocycles. The third-order valence-electron chi connectivity index (χ3n) is 3.40. The van der Waals surface area contributed by atoms with E-state index in [4.69, 9.17) is 33.4 Å². The second-order valence-corrected chi connectivity index (χ2v) is 7.24. The Hall–Kier alpha value is -2.29. The van der Waals surface area contributed by atoms with Gasteiger partial charge in [0.1, 0.15) is 11.0 Å². The van der Waals surface area contributed by atoms with E-state index in [0.29, 0.717) is 10.8 Å². The molecule has 1 saturated heterocycles. The van der Waals surface area contributed by atoms with Crippen molar-refractivity contribution in [2.24, 2.45) is 15.9 Å². The molecule has 1 aliphatic rings. The maximum absolute atomic E-state index is 12.6. The van der Waals surface area contributed by atoms with Crippen LogP contribution < -0.4 is 10.6 Å². The monoisotopic (exact) mass is 410 g/mol. The summed E-state index contributed by atoms with van der Waals surface area (Å²) in [5, 5.41) is 7.54. The molecule has 26 heavy (non-hydrogen) atoms. The van der Waals surface area contributed by atoms with Crippen molar-refractivity contribution in [3.63, 3.8) is 0 Å². The van der Waals surface area contributed by atoms with Crippen molar-refractivity contribution < 1.29 is 14.0 Å². The molecular weight excluding hydrogens is 399 g/mol. The average Bonchev–Trinajstić information content (AvgIpc) is 3.19. The molecule has 2 amide bonds. The Kier molecular flexibility index (Phi) is 5.65. The largest absolute Gasteiger partial charge is 0.463 e. The van der Waals surface area contributed by atoms with Gasteiger partial charge >= 0.3 is 0 Å². The summed E-state index contributed by atoms with van der Waals surface area (Å²) in [7, 11) is 0. The lowest BCUT2D eigenvalue weighted by Crippen LogP contribution is -2.32. The van der Waals surface area contributed by atoms with E-state index in [1.807, 2.05) is 0 Å². The Labute approximate surface area is 162 Å². The summed E-state index contributed by atoms with van der Waals surface area (Å²) in [6, 6.07) is 7.99. The minimum atomic E-state index is -0.708. The molecule has 0 saturated carbocycles. The second-order valence-electron chi connectivity index (χ2n) is 5.17. The lowest BCUT2D eigenvalue weighted by atomic mass is 10.3. The van der Waals surface area contributed by atoms with E-state index in [2.05, 4.69) is 10.2 Å². The number of nitrogens with zero attached hydrogens (tertiary/aromatic N) is 3. The molecule has 0 unspecified atom stereocenters. The van der Waals surface area contributed by atoms with Gasteiger partial charge in [-0.1, -0.05) is 35.0 Å². The molecule has 134 valence electrons. The van der Waals surface area contributed by atoms with Gasteiger partial charge in [0.15, 0.2) is 5.17 Å². The molecule has 0 spiro atoms. The normalized spacial score (nSPS) is 18.3. The molecule has 2 N–H and O–H groups in total. The van der Waals surface area contributed by atoms with Gasteiger partial charge in [-0.3, -0.25) is 9.59 Å². The zero-order chi connectivity index (χ0) is 18.7. The predicted octanol–water partition coefficient (Wildman–Crippen LogP) is 3.30. The van der Waals surface area contributed by atoms with E-state index in [0.717, 1.165) is 16.7 Å². The molecule has 10 heteroatoms. The summed E-state index contributed by atoms with van der Waals surface area (Å²) in [5.74, 6) is -0.304. The lowest BCUT2D eigenvalue weighted by molar-refractivity contribution is -0.121. The zero-order valence-electron chi connectivity index (χ0n) is 13.1. The maximum atomic E-state index is 12.6. The molecular formula is C16H12Cl2N4O3S. The number of furan rings is 1. The number of amides is 2. The Bertz CT molecular complexity index is 899. The molecule has 3 rings (SSSR count). The summed E-state index contributed by atoms with van der Waals surface area (Å²) >= 11 is 13.0. The Morgan fingerprint density at radius 2 is 2.15 bits per heavy atom. The van der Waals surface area contributed by atoms with Gasteiger partial charge in [0.05, 0.1) is 23.2 Å². The van der Waals surface area contributed by atoms with Gasteiger partial charge in [-0.15, -0.1) is 5.10 Å². The van der Waals surface area contributed by atoms with Crippen molar-refractivity contribution in [1.82, 2.24) is 0 Å². The Morgan fingerprint density at radius 3 is 2.88 bits per heavy atom. The summed E-state index contributed by atoms with van der Waals surface area (Å²) in [5.41, 5.74) is 6.03. The van der Waals surface area contributed by atoms with Crippen LogP contribution in [0.3, 0.4) is 0 Å². The number of nitrogens with two attached hydrogens (primary N) is 1. The van der Waals surface area contributed by atoms with Crippen LogP contribution in [-0.4, -0.2) is 28.4 Å². The van der Waals surface area contributed by atoms with Crippen molar-refractivity contribution in [1.29, 1.82) is 0 Å². The summed E-state index contributed by atoms with van der Waals surface area (Å²) < 4.78 is 5.07. The van der Waals surface area contributed by atoms with Crippen LogP contribution in [0.5, 0.6) is 0 Å². The van der Waals surface area contributed by atoms with Gasteiger partial charge in [0, 0.05) is 11.4 Å². The highest BCUT2D eigenvalue weighted by Crippen LogP contribution is 2.35. The number of thioether (sulfide) groups is 1. The second kappa shape index (κ2) is 7.94. The zero-order valence-corrected chi connectivity index (χ0v) is 15.5. The number of anilines is 1. The van der Waals surface area contributed by atoms with Gasteiger partial charge in [0.25, 0.3) is 0 Å². The van der Waals surface area contributed by atoms with Crippen LogP contribution in [-0.2, 0) is 9.59 Å². The first-order chi connectivity index (χ1) is 12.5. The third-order valence-corrected chi connectivity index (χ3v) is 4.93. The standard InChI is InChI=1S/C16H12Cl2N4O3S/c17-9-3-4-11(18)12(6-9)22-14(23)7-13(15(22)24)26-16(19)21-20-8-10-2-1-5-25-10/h1-6,8,13H,7H2,(H2,19,21)/b20-8-/t13-/m0/s1. The van der Waals surface area contributed by atoms with Crippen molar-refractivity contribution >= 4 is 63.8 Å². The Balaban J connectivity index is 1.71. The number of hydrogen-bond donors (Lipinski definition) is 1. The molecule has 1 atom stereocenters. The van der Waals surface area contributed by atoms with E-state index in [9.17, 15) is 9.59 Å². The first-order valence-electron chi connectivity index (χ1n) is 7.34. The van der Waals surface area contributed by atoms with Crippen LogP contribution in [0.1, 0.15) is 12.2 Å². The van der Waals surface area contributed by atoms with Gasteiger partial charge in [-0.2, -0.15) is 5.10 Å². The minimum absolute atomic E-state index is 0.0234. The van der Waals surface area contributed by atoms with Crippen LogP contribution in [0.2, 0.25) is 10.0 Å². The molecule has 7 nitrogen and oxygen atoms in total. The highest BCUT2D eigenvalue weighted by atomic mass is 35.5. The highest BCUT2D eigenvalue weighted by molar-refractivity contribution is 8.14. The maximum Gasteiger partial charge on any atom is 0.247 e. The van der Waals surface area contributed by atoms with Crippen LogP contribution >= 0.6 is 35.0 Å². The third kappa shape index (κ3) is 4.09. The van der Waals surface area contributed by atoms with Gasteiger partial charge in [-0.05, 0) is 30.3 Å². The van der Waals surface area contributed by atoms with E-state index >= 15 is 0 Å². The number of imide groups is 1. The number of rotatable bonds is 4. The summed E-state index contributed by atoms with van der Waals surface area (Å²) in [6.07, 6.45) is 2.86. The molecule has 2 aromatic rings. The fourth-order valence-corrected chi connectivity index (χ4v) is 3.47. The molecule has 1 aliphatic heterocycles. The predicted molar refractivity (Wildman–Crippen MR) is 103 cm³/mol. The molecule has 0 radical (unpaired) electrons. The molecule has 1 fully saturated rings. The summed E-state index contributed by atoms with van der Waals surface area (Å²) in [6.45, 7) is 0. The van der Waals surface area contributed by atoms with Crippen molar-refractivity contribution in [2.45, 2.75) is 11.7 Å². The smallest absolute Gasteiger partial charge is 0.247 e. The number of carbonyl (C=O) groups is 2. The first kappa shape index (κ1) is 18.5. The van der Waals surface area contributed by atoms with Gasteiger partial charge < -0.3 is 10.2 Å². The molecule has 0 bridgehead atoms. The first-order valence-corrected chi connectivity index (χ1v) is 8.98. The fourth-order valence-electron chi connectivity index (χ4n) is 2.28. The average molecular weight is 411 g/mol. The van der Waals surface area contributed by atoms with Crippen LogP contribution in [0.25, 0.3) is 0 Å². The highest BCUT2D eigenvalue weighted by Gasteiger charge is 2.41. The van der Waals surface area contributed by atoms with Crippen LogP contribution in [0.15, 0.2) is 51.2 Å². The number of benzene rings is 1. The van der Waals surface area contributed by atoms with E-state index in [1.165, 1.54) is 24.6 Å². The molecule has 1 aromatic heterocycles. The van der Waals surface area contributed by atoms with Gasteiger partial charge in [0.2, 0.25) is 11.8 Å².